The maximum Gasteiger partial charge on any atom is 0.0156 e. The van der Waals surface area contributed by atoms with E-state index in [1.165, 1.54) is 83.1 Å². The lowest BCUT2D eigenvalue weighted by molar-refractivity contribution is 0.231. The second kappa shape index (κ2) is 27.5. The Morgan fingerprint density at radius 2 is 1.26 bits per heavy atom. The Morgan fingerprint density at radius 1 is 0.762 bits per heavy atom. The van der Waals surface area contributed by atoms with Crippen LogP contribution in [0.1, 0.15) is 129 Å². The molecule has 240 valence electrons. The maximum atomic E-state index is 4.12. The molecular weight excluding hydrogens is 506 g/mol. The molecule has 0 aliphatic heterocycles. The van der Waals surface area contributed by atoms with Crippen LogP contribution in [0.2, 0.25) is 0 Å². The first-order chi connectivity index (χ1) is 19.8. The zero-order chi connectivity index (χ0) is 33.1. The average Bonchev–Trinajstić information content (AvgIpc) is 2.97. The summed E-state index contributed by atoms with van der Waals surface area (Å²) in [6, 6.07) is 15.1. The largest absolute Gasteiger partial charge is 0.316 e. The van der Waals surface area contributed by atoms with Crippen molar-refractivity contribution < 1.29 is 0 Å². The molecule has 0 saturated heterocycles. The third-order valence-corrected chi connectivity index (χ3v) is 7.50. The van der Waals surface area contributed by atoms with Crippen molar-refractivity contribution >= 4 is 0 Å². The molecule has 1 aliphatic carbocycles. The van der Waals surface area contributed by atoms with Crippen molar-refractivity contribution in [2.45, 2.75) is 134 Å². The molecule has 1 N–H and O–H groups in total. The van der Waals surface area contributed by atoms with E-state index in [4.69, 9.17) is 0 Å². The monoisotopic (exact) mass is 578 g/mol. The summed E-state index contributed by atoms with van der Waals surface area (Å²) in [7, 11) is 1.91. The molecule has 2 aromatic carbocycles. The highest BCUT2D eigenvalue weighted by Crippen LogP contribution is 2.44. The van der Waals surface area contributed by atoms with Gasteiger partial charge in [0.1, 0.15) is 0 Å². The predicted molar refractivity (Wildman–Crippen MR) is 197 cm³/mol. The Kier molecular flexibility index (Phi) is 28.8. The fraction of sp³-hybridized carbons (Fsp3) is 0.561. The number of benzene rings is 2. The standard InChI is InChI=1S/C11H20.C10H14.C9H12.C5H11N.C4H8.C2H6/c1-4-11(10(2)3)8-6-5-7-9-11;1-4-10-7-5-6-8(2)9(10)3;1-3-9-6-4-8(2)5-7-9;1-5(2)4-6-3;1-4(2)3;1-2/h2,4-9H2,1,3H3;5-7H,4H2,1-3H3;4-7H,3H2,1-2H3;6H,1,4H2,2-3H3;1H2,2-3H3;1-2H3. The van der Waals surface area contributed by atoms with Crippen LogP contribution in [0.3, 0.4) is 0 Å². The van der Waals surface area contributed by atoms with E-state index in [9.17, 15) is 0 Å². The molecule has 42 heavy (non-hydrogen) atoms. The number of hydrogen-bond acceptors (Lipinski definition) is 1. The molecule has 1 heteroatoms. The van der Waals surface area contributed by atoms with Crippen LogP contribution in [0.15, 0.2) is 78.9 Å². The van der Waals surface area contributed by atoms with Gasteiger partial charge in [-0.1, -0.05) is 132 Å². The Hall–Kier alpha value is -2.38. The lowest BCUT2D eigenvalue weighted by Gasteiger charge is -2.37. The fourth-order valence-electron chi connectivity index (χ4n) is 4.63. The summed E-state index contributed by atoms with van der Waals surface area (Å²) in [5, 5.41) is 2.97. The van der Waals surface area contributed by atoms with Gasteiger partial charge in [-0.05, 0) is 115 Å². The van der Waals surface area contributed by atoms with Crippen molar-refractivity contribution in [3.05, 3.63) is 107 Å². The van der Waals surface area contributed by atoms with E-state index >= 15 is 0 Å². The van der Waals surface area contributed by atoms with Gasteiger partial charge in [0.25, 0.3) is 0 Å². The Labute approximate surface area is 265 Å². The molecule has 0 radical (unpaired) electrons. The zero-order valence-electron chi connectivity index (χ0n) is 30.5. The molecule has 0 aromatic heterocycles. The number of allylic oxidation sites excluding steroid dienone is 2. The van der Waals surface area contributed by atoms with Crippen molar-refractivity contribution in [2.75, 3.05) is 13.6 Å². The SMILES string of the molecule is C=C(C)C.C=C(C)C1(CC)CCCCC1.C=C(C)CNC.CC.CCc1ccc(C)cc1.CCc1cccc(C)c1C. The Bertz CT molecular complexity index is 951. The second-order valence-corrected chi connectivity index (χ2v) is 11.7. The fourth-order valence-corrected chi connectivity index (χ4v) is 4.63. The van der Waals surface area contributed by atoms with Gasteiger partial charge in [0.05, 0.1) is 0 Å². The van der Waals surface area contributed by atoms with Gasteiger partial charge < -0.3 is 5.32 Å². The van der Waals surface area contributed by atoms with E-state index in [0.29, 0.717) is 5.41 Å². The third kappa shape index (κ3) is 22.2. The summed E-state index contributed by atoms with van der Waals surface area (Å²) in [6.45, 7) is 37.6. The third-order valence-electron chi connectivity index (χ3n) is 7.50. The highest BCUT2D eigenvalue weighted by molar-refractivity contribution is 5.32. The van der Waals surface area contributed by atoms with Crippen LogP contribution in [-0.4, -0.2) is 13.6 Å². The smallest absolute Gasteiger partial charge is 0.0156 e. The van der Waals surface area contributed by atoms with Crippen molar-refractivity contribution in [2.24, 2.45) is 5.41 Å². The number of aryl methyl sites for hydroxylation is 4. The normalized spacial score (nSPS) is 12.4. The molecular formula is C41H71N. The summed E-state index contributed by atoms with van der Waals surface area (Å²) in [4.78, 5) is 0. The van der Waals surface area contributed by atoms with E-state index in [0.717, 1.165) is 19.4 Å². The molecule has 3 rings (SSSR count). The summed E-state index contributed by atoms with van der Waals surface area (Å²) in [5.74, 6) is 0. The minimum atomic E-state index is 0.526. The van der Waals surface area contributed by atoms with E-state index in [1.54, 1.807) is 0 Å². The highest BCUT2D eigenvalue weighted by Gasteiger charge is 2.30. The van der Waals surface area contributed by atoms with Gasteiger partial charge in [0.2, 0.25) is 0 Å². The molecule has 0 amide bonds. The first kappa shape index (κ1) is 44.1. The molecule has 1 aliphatic rings. The van der Waals surface area contributed by atoms with Crippen LogP contribution in [0, 0.1) is 26.2 Å². The molecule has 0 atom stereocenters. The summed E-state index contributed by atoms with van der Waals surface area (Å²) in [6.07, 6.45) is 10.6. The number of hydrogen-bond donors (Lipinski definition) is 1. The molecule has 1 saturated carbocycles. The van der Waals surface area contributed by atoms with Crippen LogP contribution in [0.5, 0.6) is 0 Å². The molecule has 2 aromatic rings. The van der Waals surface area contributed by atoms with Crippen LogP contribution >= 0.6 is 0 Å². The van der Waals surface area contributed by atoms with E-state index in [-0.39, 0.29) is 0 Å². The number of rotatable bonds is 6. The average molecular weight is 578 g/mol. The molecule has 0 unspecified atom stereocenters. The lowest BCUT2D eigenvalue weighted by atomic mass is 9.68. The maximum absolute atomic E-state index is 4.12. The first-order valence-electron chi connectivity index (χ1n) is 16.5. The second-order valence-electron chi connectivity index (χ2n) is 11.7. The molecule has 0 spiro atoms. The van der Waals surface area contributed by atoms with Crippen LogP contribution in [0.25, 0.3) is 0 Å². The van der Waals surface area contributed by atoms with Gasteiger partial charge in [0.15, 0.2) is 0 Å². The minimum Gasteiger partial charge on any atom is -0.316 e. The molecule has 1 fully saturated rings. The minimum absolute atomic E-state index is 0.526. The summed E-state index contributed by atoms with van der Waals surface area (Å²) in [5.41, 5.74) is 11.4. The first-order valence-corrected chi connectivity index (χ1v) is 16.5. The molecule has 1 nitrogen and oxygen atoms in total. The molecule has 0 heterocycles. The van der Waals surface area contributed by atoms with Crippen LogP contribution < -0.4 is 5.32 Å². The van der Waals surface area contributed by atoms with Crippen molar-refractivity contribution in [3.8, 4) is 0 Å². The van der Waals surface area contributed by atoms with Crippen molar-refractivity contribution in [1.29, 1.82) is 0 Å². The van der Waals surface area contributed by atoms with E-state index in [1.807, 2.05) is 41.7 Å². The van der Waals surface area contributed by atoms with Gasteiger partial charge in [-0.15, -0.1) is 6.58 Å². The number of likely N-dealkylation sites (N-methyl/N-ethyl adjacent to an activating group) is 1. The summed E-state index contributed by atoms with van der Waals surface area (Å²) < 4.78 is 0. The van der Waals surface area contributed by atoms with Crippen LogP contribution in [-0.2, 0) is 12.8 Å². The van der Waals surface area contributed by atoms with Crippen molar-refractivity contribution in [1.82, 2.24) is 5.32 Å². The Balaban J connectivity index is -0.000000461. The highest BCUT2D eigenvalue weighted by atomic mass is 14.8. The zero-order valence-corrected chi connectivity index (χ0v) is 30.5. The lowest BCUT2D eigenvalue weighted by Crippen LogP contribution is -2.23. The van der Waals surface area contributed by atoms with Gasteiger partial charge in [-0.3, -0.25) is 0 Å². The van der Waals surface area contributed by atoms with Crippen molar-refractivity contribution in [3.63, 3.8) is 0 Å². The number of nitrogens with one attached hydrogen (secondary N) is 1. The topological polar surface area (TPSA) is 12.0 Å². The quantitative estimate of drug-likeness (QED) is 0.337. The van der Waals surface area contributed by atoms with Gasteiger partial charge >= 0.3 is 0 Å². The van der Waals surface area contributed by atoms with Gasteiger partial charge in [-0.2, -0.15) is 0 Å². The van der Waals surface area contributed by atoms with E-state index < -0.39 is 0 Å². The summed E-state index contributed by atoms with van der Waals surface area (Å²) >= 11 is 0. The predicted octanol–water partition coefficient (Wildman–Crippen LogP) is 12.7. The van der Waals surface area contributed by atoms with Gasteiger partial charge in [0, 0.05) is 6.54 Å². The van der Waals surface area contributed by atoms with Crippen LogP contribution in [0.4, 0.5) is 0 Å². The molecule has 0 bridgehead atoms. The van der Waals surface area contributed by atoms with Gasteiger partial charge in [-0.25, -0.2) is 0 Å². The Morgan fingerprint density at radius 3 is 1.55 bits per heavy atom. The van der Waals surface area contributed by atoms with E-state index in [2.05, 4.69) is 116 Å².